The van der Waals surface area contributed by atoms with Crippen LogP contribution < -0.4 is 5.32 Å². The van der Waals surface area contributed by atoms with Crippen molar-refractivity contribution in [2.24, 2.45) is 7.05 Å². The van der Waals surface area contributed by atoms with Crippen LogP contribution in [-0.4, -0.2) is 40.3 Å². The van der Waals surface area contributed by atoms with Crippen molar-refractivity contribution in [1.82, 2.24) is 14.8 Å². The molecule has 23 heavy (non-hydrogen) atoms. The van der Waals surface area contributed by atoms with Gasteiger partial charge >= 0.3 is 0 Å². The van der Waals surface area contributed by atoms with E-state index in [1.807, 2.05) is 30.1 Å². The fraction of sp³-hybridized carbons (Fsp3) is 0.235. The maximum absolute atomic E-state index is 12.2. The second-order valence-electron chi connectivity index (χ2n) is 5.53. The number of rotatable bonds is 5. The predicted molar refractivity (Wildman–Crippen MR) is 83.9 cm³/mol. The van der Waals surface area contributed by atoms with Crippen molar-refractivity contribution in [3.05, 3.63) is 59.4 Å². The zero-order chi connectivity index (χ0) is 16.4. The van der Waals surface area contributed by atoms with Gasteiger partial charge < -0.3 is 9.88 Å². The van der Waals surface area contributed by atoms with E-state index in [0.717, 1.165) is 10.5 Å². The topological polar surface area (TPSA) is 71.4 Å². The molecule has 1 aromatic carbocycles. The lowest BCUT2D eigenvalue weighted by atomic mass is 10.1. The van der Waals surface area contributed by atoms with Crippen molar-refractivity contribution in [1.29, 1.82) is 0 Å². The largest absolute Gasteiger partial charge is 0.357 e. The van der Waals surface area contributed by atoms with E-state index >= 15 is 0 Å². The van der Waals surface area contributed by atoms with Crippen LogP contribution in [0.3, 0.4) is 0 Å². The van der Waals surface area contributed by atoms with E-state index in [4.69, 9.17) is 0 Å². The van der Waals surface area contributed by atoms with Crippen molar-refractivity contribution in [2.75, 3.05) is 13.1 Å². The van der Waals surface area contributed by atoms with Crippen LogP contribution in [0.15, 0.2) is 42.7 Å². The maximum Gasteiger partial charge on any atom is 0.262 e. The smallest absolute Gasteiger partial charge is 0.262 e. The van der Waals surface area contributed by atoms with E-state index in [2.05, 4.69) is 5.32 Å². The molecule has 0 spiro atoms. The van der Waals surface area contributed by atoms with Gasteiger partial charge in [-0.05, 0) is 30.2 Å². The highest BCUT2D eigenvalue weighted by Gasteiger charge is 2.36. The third kappa shape index (κ3) is 3.01. The molecule has 2 aromatic rings. The number of nitrogens with zero attached hydrogens (tertiary/aromatic N) is 2. The second-order valence-corrected chi connectivity index (χ2v) is 5.53. The lowest BCUT2D eigenvalue weighted by Gasteiger charge is -2.13. The van der Waals surface area contributed by atoms with E-state index in [1.165, 1.54) is 0 Å². The van der Waals surface area contributed by atoms with Gasteiger partial charge in [-0.2, -0.15) is 0 Å². The van der Waals surface area contributed by atoms with Crippen LogP contribution in [0.5, 0.6) is 0 Å². The van der Waals surface area contributed by atoms with Crippen molar-refractivity contribution in [3.63, 3.8) is 0 Å². The minimum Gasteiger partial charge on any atom is -0.357 e. The normalized spacial score (nSPS) is 13.3. The first-order valence-electron chi connectivity index (χ1n) is 7.39. The van der Waals surface area contributed by atoms with E-state index < -0.39 is 11.8 Å². The molecule has 0 bridgehead atoms. The van der Waals surface area contributed by atoms with Crippen molar-refractivity contribution < 1.29 is 14.4 Å². The van der Waals surface area contributed by atoms with Crippen LogP contribution in [0, 0.1) is 0 Å². The van der Waals surface area contributed by atoms with Crippen LogP contribution in [-0.2, 0) is 18.3 Å². The fourth-order valence-electron chi connectivity index (χ4n) is 2.64. The van der Waals surface area contributed by atoms with E-state index in [0.29, 0.717) is 24.1 Å². The van der Waals surface area contributed by atoms with Crippen LogP contribution in [0.1, 0.15) is 26.3 Å². The van der Waals surface area contributed by atoms with Crippen molar-refractivity contribution in [3.8, 4) is 0 Å². The number of carbonyl (C=O) groups is 3. The van der Waals surface area contributed by atoms with Crippen LogP contribution in [0.2, 0.25) is 0 Å². The Morgan fingerprint density at radius 2 is 1.74 bits per heavy atom. The van der Waals surface area contributed by atoms with Gasteiger partial charge in [-0.1, -0.05) is 12.1 Å². The van der Waals surface area contributed by atoms with Gasteiger partial charge in [0.15, 0.2) is 0 Å². The molecule has 6 heteroatoms. The Kier molecular flexibility index (Phi) is 3.97. The number of nitrogens with one attached hydrogen (secondary N) is 1. The molecule has 3 rings (SSSR count). The SMILES string of the molecule is Cn1ccc(CCNC(=O)CN2C(=O)c3ccccc3C2=O)c1. The number of aryl methyl sites for hydroxylation is 1. The zero-order valence-corrected chi connectivity index (χ0v) is 12.8. The molecule has 1 aliphatic rings. The molecule has 0 fully saturated rings. The molecular formula is C17H17N3O3. The minimum absolute atomic E-state index is 0.249. The third-order valence-corrected chi connectivity index (χ3v) is 3.81. The Balaban J connectivity index is 1.54. The molecule has 1 aromatic heterocycles. The zero-order valence-electron chi connectivity index (χ0n) is 12.8. The number of amides is 3. The first-order chi connectivity index (χ1) is 11.1. The number of fused-ring (bicyclic) bond motifs is 1. The highest BCUT2D eigenvalue weighted by Crippen LogP contribution is 2.21. The van der Waals surface area contributed by atoms with Gasteiger partial charge in [0.1, 0.15) is 6.54 Å². The molecule has 1 aliphatic heterocycles. The van der Waals surface area contributed by atoms with Crippen LogP contribution in [0.4, 0.5) is 0 Å². The van der Waals surface area contributed by atoms with Crippen molar-refractivity contribution in [2.45, 2.75) is 6.42 Å². The fourth-order valence-corrected chi connectivity index (χ4v) is 2.64. The number of hydrogen-bond acceptors (Lipinski definition) is 3. The standard InChI is InChI=1S/C17H17N3O3/c1-19-9-7-12(10-19)6-8-18-15(21)11-20-16(22)13-4-2-3-5-14(13)17(20)23/h2-5,7,9-10H,6,8,11H2,1H3,(H,18,21). The summed E-state index contributed by atoms with van der Waals surface area (Å²) < 4.78 is 1.94. The molecule has 0 saturated carbocycles. The third-order valence-electron chi connectivity index (χ3n) is 3.81. The molecule has 1 N–H and O–H groups in total. The summed E-state index contributed by atoms with van der Waals surface area (Å²) in [6.07, 6.45) is 4.63. The van der Waals surface area contributed by atoms with E-state index in [9.17, 15) is 14.4 Å². The number of imide groups is 1. The summed E-state index contributed by atoms with van der Waals surface area (Å²) in [6.45, 7) is 0.215. The monoisotopic (exact) mass is 311 g/mol. The summed E-state index contributed by atoms with van der Waals surface area (Å²) in [5.74, 6) is -1.16. The summed E-state index contributed by atoms with van der Waals surface area (Å²) >= 11 is 0. The summed E-state index contributed by atoms with van der Waals surface area (Å²) in [4.78, 5) is 37.3. The molecule has 0 saturated heterocycles. The Morgan fingerprint density at radius 1 is 1.09 bits per heavy atom. The van der Waals surface area contributed by atoms with Gasteiger partial charge in [-0.15, -0.1) is 0 Å². The summed E-state index contributed by atoms with van der Waals surface area (Å²) in [5, 5.41) is 2.74. The molecule has 0 atom stereocenters. The average Bonchev–Trinajstić information content (AvgIpc) is 3.05. The molecule has 2 heterocycles. The van der Waals surface area contributed by atoms with Gasteiger partial charge in [0.2, 0.25) is 5.91 Å². The highest BCUT2D eigenvalue weighted by atomic mass is 16.2. The minimum atomic E-state index is -0.413. The van der Waals surface area contributed by atoms with Gasteiger partial charge in [0.05, 0.1) is 11.1 Å². The van der Waals surface area contributed by atoms with E-state index in [1.54, 1.807) is 24.3 Å². The van der Waals surface area contributed by atoms with Crippen LogP contribution >= 0.6 is 0 Å². The average molecular weight is 311 g/mol. The van der Waals surface area contributed by atoms with Gasteiger partial charge in [-0.3, -0.25) is 19.3 Å². The molecule has 0 radical (unpaired) electrons. The number of carbonyl (C=O) groups excluding carboxylic acids is 3. The molecular weight excluding hydrogens is 294 g/mol. The number of benzene rings is 1. The molecule has 3 amide bonds. The van der Waals surface area contributed by atoms with E-state index in [-0.39, 0.29) is 12.5 Å². The maximum atomic E-state index is 12.2. The summed E-state index contributed by atoms with van der Waals surface area (Å²) in [5.41, 5.74) is 1.83. The number of aromatic nitrogens is 1. The molecule has 118 valence electrons. The molecule has 0 aliphatic carbocycles. The Bertz CT molecular complexity index is 744. The quantitative estimate of drug-likeness (QED) is 0.837. The van der Waals surface area contributed by atoms with Gasteiger partial charge in [0.25, 0.3) is 11.8 Å². The molecule has 6 nitrogen and oxygen atoms in total. The predicted octanol–water partition coefficient (Wildman–Crippen LogP) is 0.980. The Morgan fingerprint density at radius 3 is 2.30 bits per heavy atom. The van der Waals surface area contributed by atoms with Gasteiger partial charge in [-0.25, -0.2) is 0 Å². The Labute approximate surface area is 133 Å². The lowest BCUT2D eigenvalue weighted by molar-refractivity contribution is -0.121. The number of hydrogen-bond donors (Lipinski definition) is 1. The van der Waals surface area contributed by atoms with Gasteiger partial charge in [0, 0.05) is 26.0 Å². The highest BCUT2D eigenvalue weighted by molar-refractivity contribution is 6.22. The Hall–Kier alpha value is -2.89. The molecule has 0 unspecified atom stereocenters. The van der Waals surface area contributed by atoms with Crippen LogP contribution in [0.25, 0.3) is 0 Å². The first-order valence-corrected chi connectivity index (χ1v) is 7.39. The lowest BCUT2D eigenvalue weighted by Crippen LogP contribution is -2.40. The first kappa shape index (κ1) is 15.0. The van der Waals surface area contributed by atoms with Crippen molar-refractivity contribution >= 4 is 17.7 Å². The summed E-state index contributed by atoms with van der Waals surface area (Å²) in [6, 6.07) is 8.59. The summed E-state index contributed by atoms with van der Waals surface area (Å²) in [7, 11) is 1.93. The second kappa shape index (κ2) is 6.08.